The molecule has 0 saturated carbocycles. The van der Waals surface area contributed by atoms with Crippen molar-refractivity contribution in [1.82, 2.24) is 10.2 Å². The predicted molar refractivity (Wildman–Crippen MR) is 157 cm³/mol. The van der Waals surface area contributed by atoms with Gasteiger partial charge in [0, 0.05) is 16.2 Å². The van der Waals surface area contributed by atoms with Crippen molar-refractivity contribution in [2.45, 2.75) is 14.7 Å². The molecule has 4 aromatic carbocycles. The third-order valence-corrected chi connectivity index (χ3v) is 9.35. The molecule has 0 saturated heterocycles. The molecular weight excluding hydrogens is 782 g/mol. The summed E-state index contributed by atoms with van der Waals surface area (Å²) in [6, 6.07) is 10.1. The molecule has 0 aliphatic carbocycles. The average Bonchev–Trinajstić information content (AvgIpc) is 2.96. The summed E-state index contributed by atoms with van der Waals surface area (Å²) in [5.41, 5.74) is -2.56. The fourth-order valence-electron chi connectivity index (χ4n) is 4.21. The van der Waals surface area contributed by atoms with Crippen LogP contribution in [0, 0.1) is 0 Å². The van der Waals surface area contributed by atoms with Gasteiger partial charge in [0.25, 0.3) is 20.2 Å². The smallest absolute Gasteiger partial charge is 0.870 e. The molecule has 0 spiro atoms. The third kappa shape index (κ3) is 9.56. The first kappa shape index (κ1) is 43.8. The molecule has 1 heterocycles. The fourth-order valence-corrected chi connectivity index (χ4v) is 6.41. The fraction of sp³-hybridized carbons (Fsp3) is 0. The Labute approximate surface area is 353 Å². The van der Waals surface area contributed by atoms with Gasteiger partial charge in [0.1, 0.15) is 25.6 Å². The Hall–Kier alpha value is -1.34. The van der Waals surface area contributed by atoms with Crippen molar-refractivity contribution in [1.29, 1.82) is 0 Å². The summed E-state index contributed by atoms with van der Waals surface area (Å²) in [5, 5.41) is 40.4. The topological polar surface area (TPSA) is 275 Å². The summed E-state index contributed by atoms with van der Waals surface area (Å²) in [5.74, 6) is -2.49. The molecule has 24 heteroatoms. The first-order valence-electron chi connectivity index (χ1n) is 12.0. The molecule has 0 atom stereocenters. The number of azo groups is 1. The quantitative estimate of drug-likeness (QED) is 0.0512. The predicted octanol–water partition coefficient (Wildman–Crippen LogP) is -5.57. The molecule has 5 rings (SSSR count). The summed E-state index contributed by atoms with van der Waals surface area (Å²) >= 11 is 12.1. The van der Waals surface area contributed by atoms with Gasteiger partial charge < -0.3 is 14.8 Å². The number of nitrogens with zero attached hydrogens (tertiary/aromatic N) is 5. The molecule has 5 aromatic rings. The Bertz CT molecular complexity index is 2530. The number of hydrogen-bond acceptors (Lipinski definition) is 14. The monoisotopic (exact) mass is 793 g/mol. The van der Waals surface area contributed by atoms with E-state index in [9.17, 15) is 49.1 Å². The van der Waals surface area contributed by atoms with Gasteiger partial charge in [-0.25, -0.2) is 8.42 Å². The van der Waals surface area contributed by atoms with Crippen molar-refractivity contribution in [2.24, 2.45) is 15.2 Å². The molecule has 0 bridgehead atoms. The van der Waals surface area contributed by atoms with Gasteiger partial charge in [-0.2, -0.15) is 16.8 Å². The zero-order valence-corrected chi connectivity index (χ0v) is 35.0. The van der Waals surface area contributed by atoms with Crippen LogP contribution in [-0.2, 0) is 30.4 Å². The second-order valence-electron chi connectivity index (χ2n) is 9.12. The van der Waals surface area contributed by atoms with Crippen molar-refractivity contribution in [3.63, 3.8) is 0 Å². The zero-order chi connectivity index (χ0) is 33.8. The van der Waals surface area contributed by atoms with Crippen LogP contribution in [0.15, 0.2) is 90.6 Å². The average molecular weight is 794 g/mol. The molecule has 0 unspecified atom stereocenters. The van der Waals surface area contributed by atoms with Crippen molar-refractivity contribution >= 4 is 98.1 Å². The Morgan fingerprint density at radius 1 is 0.735 bits per heavy atom. The van der Waals surface area contributed by atoms with Crippen LogP contribution in [0.25, 0.3) is 21.5 Å². The standard InChI is InChI=1S/C25H15Cl2N5O11S3.3Na/c26-23-14-6-5-11(8-15(14)24(27)32-31-23)25(34)28-17-10-13(44(35,36)37)7-12-9-19(46(41,42)43)21(22(33)20(12)17)30-29-16-3-1-2-4-18(16)45(38,39)40;;;/h1-10,33H,(H,28,34)(H,35,36,37)(H,38,39,40)(H,41,42,43);;;/q;3*+1/p-3. The van der Waals surface area contributed by atoms with E-state index in [4.69, 9.17) is 23.2 Å². The van der Waals surface area contributed by atoms with E-state index in [0.717, 1.165) is 12.1 Å². The first-order valence-corrected chi connectivity index (χ1v) is 17.0. The van der Waals surface area contributed by atoms with Gasteiger partial charge in [-0.05, 0) is 53.2 Å². The van der Waals surface area contributed by atoms with Gasteiger partial charge in [0.2, 0.25) is 0 Å². The van der Waals surface area contributed by atoms with E-state index in [1.807, 2.05) is 0 Å². The minimum absolute atomic E-state index is 0. The number of halogens is 2. The molecule has 0 aliphatic heterocycles. The second kappa shape index (κ2) is 16.6. The van der Waals surface area contributed by atoms with E-state index in [0.29, 0.717) is 23.6 Å². The summed E-state index contributed by atoms with van der Waals surface area (Å²) in [7, 11) is -15.5. The number of aliphatic imine (C=N–C) groups is 1. The molecule has 0 aliphatic rings. The Balaban J connectivity index is 0.00000278. The first-order chi connectivity index (χ1) is 21.4. The molecule has 0 fully saturated rings. The molecule has 2 N–H and O–H groups in total. The summed E-state index contributed by atoms with van der Waals surface area (Å²) in [6.45, 7) is 0. The van der Waals surface area contributed by atoms with E-state index < -0.39 is 84.5 Å². The summed E-state index contributed by atoms with van der Waals surface area (Å²) in [4.78, 5) is 0.784. The minimum Gasteiger partial charge on any atom is -0.870 e. The molecular formula is C25H12Cl2N5Na3O11S3. The van der Waals surface area contributed by atoms with E-state index in [1.165, 1.54) is 30.3 Å². The Morgan fingerprint density at radius 3 is 1.92 bits per heavy atom. The maximum absolute atomic E-state index is 13.7. The van der Waals surface area contributed by atoms with E-state index >= 15 is 0 Å². The minimum atomic E-state index is -5.33. The van der Waals surface area contributed by atoms with Gasteiger partial charge in [0.15, 0.2) is 10.3 Å². The molecule has 49 heavy (non-hydrogen) atoms. The number of hydrogen-bond donors (Lipinski definition) is 2. The Kier molecular flexibility index (Phi) is 14.8. The maximum atomic E-state index is 13.7. The SMILES string of the molecule is O=S(=O)([O-])c1cc(N=C([O-])c2ccc3c(Cl)nnc(Cl)c3c2)c2c([O-])c(N=Nc3ccccc3S(=O)(=O)O)c(S(=O)(=O)O)cc2c1.[Na+].[Na+].[Na+]. The van der Waals surface area contributed by atoms with Crippen LogP contribution >= 0.6 is 23.2 Å². The third-order valence-electron chi connectivity index (χ3n) is 6.21. The van der Waals surface area contributed by atoms with Crippen LogP contribution in [-0.4, -0.2) is 55.0 Å². The van der Waals surface area contributed by atoms with E-state index in [2.05, 4.69) is 25.4 Å². The molecule has 238 valence electrons. The van der Waals surface area contributed by atoms with Crippen LogP contribution in [0.2, 0.25) is 10.3 Å². The van der Waals surface area contributed by atoms with Crippen molar-refractivity contribution in [3.8, 4) is 5.75 Å². The molecule has 1 aromatic heterocycles. The number of rotatable bonds is 7. The van der Waals surface area contributed by atoms with Gasteiger partial charge in [-0.15, -0.1) is 20.4 Å². The molecule has 0 radical (unpaired) electrons. The van der Waals surface area contributed by atoms with Gasteiger partial charge in [0.05, 0.1) is 16.3 Å². The van der Waals surface area contributed by atoms with Crippen LogP contribution in [0.3, 0.4) is 0 Å². The largest absolute Gasteiger partial charge is 1.00 e. The van der Waals surface area contributed by atoms with Gasteiger partial charge >= 0.3 is 88.7 Å². The van der Waals surface area contributed by atoms with Crippen molar-refractivity contribution in [2.75, 3.05) is 0 Å². The molecule has 0 amide bonds. The Morgan fingerprint density at radius 2 is 1.33 bits per heavy atom. The van der Waals surface area contributed by atoms with Crippen LogP contribution in [0.5, 0.6) is 5.75 Å². The normalized spacial score (nSPS) is 12.4. The van der Waals surface area contributed by atoms with Crippen molar-refractivity contribution < 1.29 is 138 Å². The summed E-state index contributed by atoms with van der Waals surface area (Å²) < 4.78 is 103. The molecule has 16 nitrogen and oxygen atoms in total. The van der Waals surface area contributed by atoms with Crippen LogP contribution < -0.4 is 98.9 Å². The number of benzene rings is 4. The van der Waals surface area contributed by atoms with Crippen LogP contribution in [0.4, 0.5) is 17.1 Å². The van der Waals surface area contributed by atoms with Gasteiger partial charge in [-0.3, -0.25) is 14.1 Å². The van der Waals surface area contributed by atoms with E-state index in [1.54, 1.807) is 0 Å². The van der Waals surface area contributed by atoms with Crippen molar-refractivity contribution in [3.05, 3.63) is 76.5 Å². The number of fused-ring (bicyclic) bond motifs is 2. The zero-order valence-electron chi connectivity index (χ0n) is 25.1. The maximum Gasteiger partial charge on any atom is 1.00 e. The van der Waals surface area contributed by atoms with Crippen LogP contribution in [0.1, 0.15) is 5.56 Å². The number of aromatic nitrogens is 2. The summed E-state index contributed by atoms with van der Waals surface area (Å²) in [6.07, 6.45) is 0. The van der Waals surface area contributed by atoms with E-state index in [-0.39, 0.29) is 110 Å². The van der Waals surface area contributed by atoms with Gasteiger partial charge in [-0.1, -0.05) is 53.2 Å². The second-order valence-corrected chi connectivity index (χ2v) is 14.0.